The maximum absolute atomic E-state index is 4.74. The summed E-state index contributed by atoms with van der Waals surface area (Å²) in [5.41, 5.74) is 4.30. The molecule has 0 spiro atoms. The second-order valence-electron chi connectivity index (χ2n) is 4.46. The van der Waals surface area contributed by atoms with Crippen LogP contribution in [0.25, 0.3) is 27.8 Å². The van der Waals surface area contributed by atoms with E-state index in [9.17, 15) is 0 Å². The number of aromatic nitrogens is 3. The van der Waals surface area contributed by atoms with Gasteiger partial charge in [-0.1, -0.05) is 18.2 Å². The Kier molecular flexibility index (Phi) is 2.38. The maximum atomic E-state index is 4.74. The minimum Gasteiger partial charge on any atom is -0.360 e. The molecule has 0 bridgehead atoms. The molecule has 0 fully saturated rings. The number of nitrogens with zero attached hydrogens (tertiary/aromatic N) is 2. The molecule has 1 aromatic carbocycles. The van der Waals surface area contributed by atoms with E-state index in [0.29, 0.717) is 0 Å². The SMILES string of the molecule is Ic1cccn2cc(-c3c[nH]c4ccccc34)nc12. The van der Waals surface area contributed by atoms with Crippen molar-refractivity contribution in [3.05, 3.63) is 58.6 Å². The van der Waals surface area contributed by atoms with Crippen molar-refractivity contribution in [2.24, 2.45) is 0 Å². The van der Waals surface area contributed by atoms with Gasteiger partial charge in [0.1, 0.15) is 0 Å². The monoisotopic (exact) mass is 359 g/mol. The fraction of sp³-hybridized carbons (Fsp3) is 0. The van der Waals surface area contributed by atoms with E-state index in [4.69, 9.17) is 4.98 Å². The molecular formula is C15H10IN3. The van der Waals surface area contributed by atoms with Crippen molar-refractivity contribution in [3.63, 3.8) is 0 Å². The van der Waals surface area contributed by atoms with E-state index < -0.39 is 0 Å². The number of hydrogen-bond acceptors (Lipinski definition) is 1. The molecule has 1 N–H and O–H groups in total. The third kappa shape index (κ3) is 1.67. The first kappa shape index (κ1) is 11.0. The Hall–Kier alpha value is -1.82. The summed E-state index contributed by atoms with van der Waals surface area (Å²) in [6.07, 6.45) is 6.13. The van der Waals surface area contributed by atoms with Crippen LogP contribution in [0.15, 0.2) is 55.0 Å². The lowest BCUT2D eigenvalue weighted by Crippen LogP contribution is -1.83. The predicted octanol–water partition coefficient (Wildman–Crippen LogP) is 4.09. The van der Waals surface area contributed by atoms with Crippen LogP contribution in [0, 0.1) is 3.57 Å². The van der Waals surface area contributed by atoms with E-state index in [0.717, 1.165) is 26.0 Å². The molecule has 0 aliphatic rings. The van der Waals surface area contributed by atoms with Crippen molar-refractivity contribution in [1.82, 2.24) is 14.4 Å². The van der Waals surface area contributed by atoms with Crippen molar-refractivity contribution in [3.8, 4) is 11.3 Å². The zero-order valence-electron chi connectivity index (χ0n) is 9.97. The molecule has 4 heteroatoms. The highest BCUT2D eigenvalue weighted by Gasteiger charge is 2.10. The lowest BCUT2D eigenvalue weighted by molar-refractivity contribution is 1.18. The van der Waals surface area contributed by atoms with Crippen LogP contribution in [0.1, 0.15) is 0 Å². The van der Waals surface area contributed by atoms with E-state index in [1.54, 1.807) is 0 Å². The second-order valence-corrected chi connectivity index (χ2v) is 5.62. The number of H-pyrrole nitrogens is 1. The minimum absolute atomic E-state index is 1.00. The number of benzene rings is 1. The van der Waals surface area contributed by atoms with Crippen LogP contribution in [0.4, 0.5) is 0 Å². The van der Waals surface area contributed by atoms with E-state index in [1.807, 2.05) is 24.5 Å². The highest BCUT2D eigenvalue weighted by Crippen LogP contribution is 2.28. The second kappa shape index (κ2) is 4.09. The lowest BCUT2D eigenvalue weighted by atomic mass is 10.1. The summed E-state index contributed by atoms with van der Waals surface area (Å²) < 4.78 is 3.23. The quantitative estimate of drug-likeness (QED) is 0.511. The van der Waals surface area contributed by atoms with Crippen LogP contribution < -0.4 is 0 Å². The molecule has 19 heavy (non-hydrogen) atoms. The summed E-state index contributed by atoms with van der Waals surface area (Å²) >= 11 is 2.32. The van der Waals surface area contributed by atoms with Crippen molar-refractivity contribution < 1.29 is 0 Å². The van der Waals surface area contributed by atoms with E-state index in [1.165, 1.54) is 5.39 Å². The fourth-order valence-corrected chi connectivity index (χ4v) is 3.00. The third-order valence-corrected chi connectivity index (χ3v) is 4.14. The average molecular weight is 359 g/mol. The Bertz CT molecular complexity index is 889. The van der Waals surface area contributed by atoms with Crippen molar-refractivity contribution in [2.45, 2.75) is 0 Å². The summed E-state index contributed by atoms with van der Waals surface area (Å²) in [7, 11) is 0. The highest BCUT2D eigenvalue weighted by molar-refractivity contribution is 14.1. The Morgan fingerprint density at radius 1 is 1.11 bits per heavy atom. The van der Waals surface area contributed by atoms with Crippen LogP contribution in [0.3, 0.4) is 0 Å². The number of halogens is 1. The van der Waals surface area contributed by atoms with E-state index in [2.05, 4.69) is 62.4 Å². The van der Waals surface area contributed by atoms with Gasteiger partial charge in [0.25, 0.3) is 0 Å². The van der Waals surface area contributed by atoms with Gasteiger partial charge in [-0.3, -0.25) is 0 Å². The first-order valence-electron chi connectivity index (χ1n) is 6.02. The first-order chi connectivity index (χ1) is 9.33. The Morgan fingerprint density at radius 2 is 2.00 bits per heavy atom. The first-order valence-corrected chi connectivity index (χ1v) is 7.10. The number of nitrogens with one attached hydrogen (secondary N) is 1. The zero-order valence-corrected chi connectivity index (χ0v) is 12.1. The molecule has 0 saturated carbocycles. The highest BCUT2D eigenvalue weighted by atomic mass is 127. The minimum atomic E-state index is 1.00. The fourth-order valence-electron chi connectivity index (χ4n) is 2.39. The van der Waals surface area contributed by atoms with Gasteiger partial charge in [0.05, 0.1) is 9.26 Å². The Labute approximate surface area is 123 Å². The summed E-state index contributed by atoms with van der Waals surface area (Å²) in [5.74, 6) is 0. The third-order valence-electron chi connectivity index (χ3n) is 3.30. The molecule has 3 aromatic heterocycles. The number of para-hydroxylation sites is 1. The number of rotatable bonds is 1. The van der Waals surface area contributed by atoms with Crippen LogP contribution in [0.2, 0.25) is 0 Å². The number of hydrogen-bond donors (Lipinski definition) is 1. The van der Waals surface area contributed by atoms with E-state index >= 15 is 0 Å². The van der Waals surface area contributed by atoms with Crippen LogP contribution >= 0.6 is 22.6 Å². The van der Waals surface area contributed by atoms with Gasteiger partial charge in [0, 0.05) is 35.1 Å². The number of imidazole rings is 1. The molecule has 0 saturated heterocycles. The van der Waals surface area contributed by atoms with Crippen molar-refractivity contribution in [2.75, 3.05) is 0 Å². The average Bonchev–Trinajstić information content (AvgIpc) is 3.02. The molecule has 4 rings (SSSR count). The van der Waals surface area contributed by atoms with Crippen molar-refractivity contribution in [1.29, 1.82) is 0 Å². The van der Waals surface area contributed by atoms with Gasteiger partial charge >= 0.3 is 0 Å². The lowest BCUT2D eigenvalue weighted by Gasteiger charge is -1.92. The molecule has 0 unspecified atom stereocenters. The molecule has 0 radical (unpaired) electrons. The number of fused-ring (bicyclic) bond motifs is 2. The topological polar surface area (TPSA) is 33.1 Å². The molecule has 0 atom stereocenters. The summed E-state index contributed by atoms with van der Waals surface area (Å²) in [6.45, 7) is 0. The molecular weight excluding hydrogens is 349 g/mol. The Balaban J connectivity index is 2.02. The van der Waals surface area contributed by atoms with Gasteiger partial charge in [0.15, 0.2) is 5.65 Å². The zero-order chi connectivity index (χ0) is 12.8. The van der Waals surface area contributed by atoms with Gasteiger partial charge < -0.3 is 9.38 Å². The van der Waals surface area contributed by atoms with Gasteiger partial charge in [0.2, 0.25) is 0 Å². The summed E-state index contributed by atoms with van der Waals surface area (Å²) in [6, 6.07) is 12.4. The standard InChI is InChI=1S/C15H10IN3/c16-12-5-3-7-19-9-14(18-15(12)19)11-8-17-13-6-2-1-4-10(11)13/h1-9,17H. The van der Waals surface area contributed by atoms with Gasteiger partial charge in [-0.2, -0.15) is 0 Å². The van der Waals surface area contributed by atoms with Crippen LogP contribution in [0.5, 0.6) is 0 Å². The molecule has 4 aromatic rings. The van der Waals surface area contributed by atoms with Gasteiger partial charge in [-0.05, 0) is 40.8 Å². The van der Waals surface area contributed by atoms with Crippen LogP contribution in [-0.4, -0.2) is 14.4 Å². The Morgan fingerprint density at radius 3 is 2.89 bits per heavy atom. The largest absolute Gasteiger partial charge is 0.360 e. The van der Waals surface area contributed by atoms with Crippen molar-refractivity contribution >= 4 is 39.1 Å². The molecule has 92 valence electrons. The van der Waals surface area contributed by atoms with Gasteiger partial charge in [-0.25, -0.2) is 4.98 Å². The molecule has 3 nitrogen and oxygen atoms in total. The summed E-state index contributed by atoms with van der Waals surface area (Å²) in [4.78, 5) is 8.03. The normalized spacial score (nSPS) is 11.4. The molecule has 0 aliphatic heterocycles. The predicted molar refractivity (Wildman–Crippen MR) is 85.2 cm³/mol. The maximum Gasteiger partial charge on any atom is 0.150 e. The summed E-state index contributed by atoms with van der Waals surface area (Å²) in [5, 5.41) is 1.21. The number of aromatic amines is 1. The molecule has 3 heterocycles. The molecule has 0 amide bonds. The smallest absolute Gasteiger partial charge is 0.150 e. The van der Waals surface area contributed by atoms with E-state index in [-0.39, 0.29) is 0 Å². The van der Waals surface area contributed by atoms with Gasteiger partial charge in [-0.15, -0.1) is 0 Å². The van der Waals surface area contributed by atoms with Crippen LogP contribution in [-0.2, 0) is 0 Å². The number of pyridine rings is 1. The molecule has 0 aliphatic carbocycles.